The topological polar surface area (TPSA) is 44.2 Å². The summed E-state index contributed by atoms with van der Waals surface area (Å²) in [6.45, 7) is 7.66. The molecule has 0 fully saturated rings. The molecule has 65 heavy (non-hydrogen) atoms. The highest BCUT2D eigenvalue weighted by molar-refractivity contribution is 6.06. The van der Waals surface area contributed by atoms with E-state index >= 15 is 0 Å². The van der Waals surface area contributed by atoms with Gasteiger partial charge < -0.3 is 9.47 Å². The van der Waals surface area contributed by atoms with Gasteiger partial charge >= 0.3 is 0 Å². The van der Waals surface area contributed by atoms with Crippen LogP contribution in [0.4, 0.5) is 0 Å². The first-order valence-corrected chi connectivity index (χ1v) is 23.3. The largest absolute Gasteiger partial charge is 0.493 e. The van der Waals surface area contributed by atoms with Crippen LogP contribution in [0.25, 0.3) is 65.6 Å². The lowest BCUT2D eigenvalue weighted by molar-refractivity contribution is 0.306. The van der Waals surface area contributed by atoms with Crippen molar-refractivity contribution in [2.45, 2.75) is 72.1 Å². The number of rotatable bonds is 14. The summed E-state index contributed by atoms with van der Waals surface area (Å²) in [5.74, 6) is 16.5. The molecule has 0 saturated carbocycles. The molecule has 320 valence electrons. The van der Waals surface area contributed by atoms with Crippen LogP contribution >= 0.6 is 0 Å². The van der Waals surface area contributed by atoms with Crippen molar-refractivity contribution >= 4 is 43.1 Å². The molecule has 0 saturated heterocycles. The minimum Gasteiger partial charge on any atom is -0.493 e. The van der Waals surface area contributed by atoms with E-state index in [1.54, 1.807) is 0 Å². The zero-order valence-corrected chi connectivity index (χ0v) is 37.7. The zero-order chi connectivity index (χ0) is 44.4. The Hall–Kier alpha value is -7.40. The number of hydrogen-bond donors (Lipinski definition) is 0. The predicted molar refractivity (Wildman–Crippen MR) is 272 cm³/mol. The molecule has 1 aromatic heterocycles. The minimum absolute atomic E-state index is 0.625. The van der Waals surface area contributed by atoms with Crippen LogP contribution in [0.1, 0.15) is 93.3 Å². The molecule has 4 nitrogen and oxygen atoms in total. The second-order valence-electron chi connectivity index (χ2n) is 16.8. The van der Waals surface area contributed by atoms with Crippen LogP contribution in [0, 0.1) is 30.6 Å². The molecule has 0 aliphatic carbocycles. The highest BCUT2D eigenvalue weighted by atomic mass is 16.5. The lowest BCUT2D eigenvalue weighted by Gasteiger charge is -2.15. The third kappa shape index (κ3) is 9.89. The maximum Gasteiger partial charge on any atom is 0.128 e. The van der Waals surface area contributed by atoms with Gasteiger partial charge in [0.1, 0.15) is 17.3 Å². The summed E-state index contributed by atoms with van der Waals surface area (Å²) in [6.07, 6.45) is 8.94. The number of unbranched alkanes of at least 4 members (excludes halogenated alkanes) is 6. The van der Waals surface area contributed by atoms with Crippen LogP contribution in [-0.4, -0.2) is 23.2 Å². The Morgan fingerprint density at radius 3 is 1.17 bits per heavy atom. The SMILES string of the molecule is CCCCCCOc1ccc(C#Cc2c3ccccc3cc3ccccc23)cc1-c1cc(-c2cc(C#Cc3c4ccccc4cc4ccccc34)ccc2OCCCCCC)nc(C)n1. The van der Waals surface area contributed by atoms with Crippen LogP contribution in [0.2, 0.25) is 0 Å². The van der Waals surface area contributed by atoms with Crippen molar-refractivity contribution in [2.24, 2.45) is 0 Å². The Labute approximate surface area is 383 Å². The molecule has 0 aliphatic heterocycles. The molecule has 0 N–H and O–H groups in total. The first kappa shape index (κ1) is 42.9. The number of aromatic nitrogens is 2. The highest BCUT2D eigenvalue weighted by Gasteiger charge is 2.17. The summed E-state index contributed by atoms with van der Waals surface area (Å²) in [5.41, 5.74) is 7.09. The van der Waals surface area contributed by atoms with E-state index in [0.29, 0.717) is 19.0 Å². The first-order valence-electron chi connectivity index (χ1n) is 23.3. The third-order valence-corrected chi connectivity index (χ3v) is 12.1. The molecule has 0 radical (unpaired) electrons. The monoisotopic (exact) mass is 846 g/mol. The first-order chi connectivity index (χ1) is 32.1. The second kappa shape index (κ2) is 20.4. The second-order valence-corrected chi connectivity index (χ2v) is 16.8. The van der Waals surface area contributed by atoms with Crippen LogP contribution in [0.15, 0.2) is 152 Å². The van der Waals surface area contributed by atoms with Gasteiger partial charge in [0.15, 0.2) is 0 Å². The number of benzene rings is 8. The minimum atomic E-state index is 0.625. The molecule has 8 aromatic carbocycles. The van der Waals surface area contributed by atoms with Crippen LogP contribution in [0.5, 0.6) is 11.5 Å². The van der Waals surface area contributed by atoms with Crippen LogP contribution < -0.4 is 9.47 Å². The van der Waals surface area contributed by atoms with Gasteiger partial charge in [-0.1, -0.05) is 173 Å². The van der Waals surface area contributed by atoms with Crippen molar-refractivity contribution < 1.29 is 9.47 Å². The van der Waals surface area contributed by atoms with Crippen LogP contribution in [-0.2, 0) is 0 Å². The molecule has 9 aromatic rings. The van der Waals surface area contributed by atoms with E-state index in [9.17, 15) is 0 Å². The fraction of sp³-hybridized carbons (Fsp3) is 0.213. The van der Waals surface area contributed by atoms with Gasteiger partial charge in [0.25, 0.3) is 0 Å². The van der Waals surface area contributed by atoms with E-state index in [1.165, 1.54) is 47.2 Å². The van der Waals surface area contributed by atoms with E-state index in [0.717, 1.165) is 103 Å². The highest BCUT2D eigenvalue weighted by Crippen LogP contribution is 2.37. The summed E-state index contributed by atoms with van der Waals surface area (Å²) in [6, 6.07) is 53.0. The third-order valence-electron chi connectivity index (χ3n) is 12.1. The summed E-state index contributed by atoms with van der Waals surface area (Å²) in [5, 5.41) is 9.26. The van der Waals surface area contributed by atoms with Gasteiger partial charge in [0.05, 0.1) is 24.6 Å². The van der Waals surface area contributed by atoms with E-state index in [4.69, 9.17) is 19.4 Å². The summed E-state index contributed by atoms with van der Waals surface area (Å²) in [4.78, 5) is 10.1. The fourth-order valence-corrected chi connectivity index (χ4v) is 8.70. The molecule has 0 spiro atoms. The Bertz CT molecular complexity index is 2960. The van der Waals surface area contributed by atoms with Gasteiger partial charge in [-0.2, -0.15) is 0 Å². The predicted octanol–water partition coefficient (Wildman–Crippen LogP) is 15.4. The number of nitrogens with zero attached hydrogens (tertiary/aromatic N) is 2. The quantitative estimate of drug-likeness (QED) is 0.0621. The number of hydrogen-bond acceptors (Lipinski definition) is 4. The van der Waals surface area contributed by atoms with E-state index in [2.05, 4.69) is 189 Å². The maximum absolute atomic E-state index is 6.57. The molecule has 0 bridgehead atoms. The van der Waals surface area contributed by atoms with E-state index in [-0.39, 0.29) is 0 Å². The maximum atomic E-state index is 6.57. The average Bonchev–Trinajstić information content (AvgIpc) is 3.34. The van der Waals surface area contributed by atoms with Crippen molar-refractivity contribution in [1.82, 2.24) is 9.97 Å². The molecular weight excluding hydrogens is 793 g/mol. The number of ether oxygens (including phenoxy) is 2. The Kier molecular flexibility index (Phi) is 13.5. The molecule has 0 amide bonds. The van der Waals surface area contributed by atoms with Crippen molar-refractivity contribution in [3.8, 4) is 57.7 Å². The molecule has 1 heterocycles. The van der Waals surface area contributed by atoms with Gasteiger partial charge in [0, 0.05) is 33.4 Å². The Balaban J connectivity index is 1.14. The molecule has 0 atom stereocenters. The standard InChI is InChI=1S/C61H54N2O2/c1-4-6-8-18-36-64-60-34-30-44(28-32-54-50-24-14-10-20-46(50)40-47-21-11-15-25-51(47)54)38-56(60)58-42-59(63-43(3)62-58)57-39-45(31-35-61(57)65-37-19-9-7-5-2)29-33-55-52-26-16-12-22-48(52)41-49-23-13-17-27-53(49)55/h10-17,20-27,30-31,34-35,38-42H,4-9,18-19,36-37H2,1-3H3. The van der Waals surface area contributed by atoms with Gasteiger partial charge in [-0.25, -0.2) is 9.97 Å². The van der Waals surface area contributed by atoms with E-state index < -0.39 is 0 Å². The summed E-state index contributed by atoms with van der Waals surface area (Å²) in [7, 11) is 0. The van der Waals surface area contributed by atoms with Gasteiger partial charge in [-0.15, -0.1) is 0 Å². The van der Waals surface area contributed by atoms with E-state index in [1.807, 2.05) is 6.92 Å². The fourth-order valence-electron chi connectivity index (χ4n) is 8.70. The molecule has 0 aliphatic rings. The van der Waals surface area contributed by atoms with Crippen molar-refractivity contribution in [2.75, 3.05) is 13.2 Å². The van der Waals surface area contributed by atoms with Gasteiger partial charge in [-0.05, 0) is 117 Å². The summed E-state index contributed by atoms with van der Waals surface area (Å²) >= 11 is 0. The van der Waals surface area contributed by atoms with Gasteiger partial charge in [-0.3, -0.25) is 0 Å². The normalized spacial score (nSPS) is 11.1. The number of aryl methyl sites for hydroxylation is 1. The van der Waals surface area contributed by atoms with Crippen molar-refractivity contribution in [1.29, 1.82) is 0 Å². The van der Waals surface area contributed by atoms with Crippen LogP contribution in [0.3, 0.4) is 0 Å². The van der Waals surface area contributed by atoms with Crippen molar-refractivity contribution in [3.05, 3.63) is 180 Å². The molecule has 9 rings (SSSR count). The van der Waals surface area contributed by atoms with Gasteiger partial charge in [0.2, 0.25) is 0 Å². The smallest absolute Gasteiger partial charge is 0.128 e. The number of fused-ring (bicyclic) bond motifs is 4. The molecule has 0 unspecified atom stereocenters. The lowest BCUT2D eigenvalue weighted by atomic mass is 9.96. The molecule has 4 heteroatoms. The van der Waals surface area contributed by atoms with Crippen molar-refractivity contribution in [3.63, 3.8) is 0 Å². The lowest BCUT2D eigenvalue weighted by Crippen LogP contribution is -2.03. The molecular formula is C61H54N2O2. The average molecular weight is 847 g/mol. The summed E-state index contributed by atoms with van der Waals surface area (Å²) < 4.78 is 13.1. The Morgan fingerprint density at radius 1 is 0.400 bits per heavy atom. The zero-order valence-electron chi connectivity index (χ0n) is 37.7. The Morgan fingerprint density at radius 2 is 0.785 bits per heavy atom.